The van der Waals surface area contributed by atoms with Crippen molar-refractivity contribution in [1.82, 2.24) is 5.32 Å². The van der Waals surface area contributed by atoms with E-state index in [1.807, 2.05) is 30.3 Å². The Bertz CT molecular complexity index is 1260. The molecule has 1 aromatic heterocycles. The van der Waals surface area contributed by atoms with E-state index >= 15 is 0 Å². The van der Waals surface area contributed by atoms with Crippen LogP contribution in [0.5, 0.6) is 11.5 Å². The van der Waals surface area contributed by atoms with Crippen molar-refractivity contribution in [2.75, 3.05) is 20.3 Å². The Hall–Kier alpha value is -4.06. The molecule has 0 saturated heterocycles. The molecule has 4 rings (SSSR count). The Labute approximate surface area is 185 Å². The highest BCUT2D eigenvalue weighted by atomic mass is 16.5. The number of methoxy groups -OCH3 is 1. The van der Waals surface area contributed by atoms with Gasteiger partial charge in [0.2, 0.25) is 11.2 Å². The maximum absolute atomic E-state index is 13.1. The molecule has 0 fully saturated rings. The van der Waals surface area contributed by atoms with Gasteiger partial charge in [0.15, 0.2) is 12.4 Å². The molecule has 0 bridgehead atoms. The zero-order valence-corrected chi connectivity index (χ0v) is 17.7. The summed E-state index contributed by atoms with van der Waals surface area (Å²) in [4.78, 5) is 25.4. The van der Waals surface area contributed by atoms with Gasteiger partial charge in [-0.3, -0.25) is 9.59 Å². The molecule has 0 aliphatic carbocycles. The Morgan fingerprint density at radius 3 is 2.41 bits per heavy atom. The minimum Gasteiger partial charge on any atom is -0.497 e. The van der Waals surface area contributed by atoms with E-state index in [-0.39, 0.29) is 29.5 Å². The van der Waals surface area contributed by atoms with Gasteiger partial charge in [0.25, 0.3) is 5.91 Å². The third kappa shape index (κ3) is 4.81. The highest BCUT2D eigenvalue weighted by Gasteiger charge is 2.18. The number of hydrogen-bond acceptors (Lipinski definition) is 5. The summed E-state index contributed by atoms with van der Waals surface area (Å²) in [5.41, 5.74) is 1.90. The number of amides is 1. The fraction of sp³-hybridized carbons (Fsp3) is 0.154. The molecule has 6 heteroatoms. The van der Waals surface area contributed by atoms with E-state index in [0.29, 0.717) is 35.2 Å². The second-order valence-electron chi connectivity index (χ2n) is 7.19. The topological polar surface area (TPSA) is 77.8 Å². The van der Waals surface area contributed by atoms with Crippen molar-refractivity contribution < 1.29 is 18.7 Å². The fourth-order valence-corrected chi connectivity index (χ4v) is 3.37. The summed E-state index contributed by atoms with van der Waals surface area (Å²) < 4.78 is 16.9. The first-order valence-corrected chi connectivity index (χ1v) is 10.3. The van der Waals surface area contributed by atoms with Gasteiger partial charge >= 0.3 is 0 Å². The predicted octanol–water partition coefficient (Wildman–Crippen LogP) is 4.21. The third-order valence-corrected chi connectivity index (χ3v) is 5.03. The standard InChI is InChI=1S/C26H23NO5/c1-30-20-13-11-19(12-14-20)25-26(24(29)21-9-5-6-10-22(21)32-25)31-17-23(28)27-16-15-18-7-3-2-4-8-18/h2-14H,15-17H2,1H3,(H,27,28). The molecule has 0 saturated carbocycles. The SMILES string of the molecule is COc1ccc(-c2oc3ccccc3c(=O)c2OCC(=O)NCCc2ccccc2)cc1. The molecule has 0 atom stereocenters. The summed E-state index contributed by atoms with van der Waals surface area (Å²) >= 11 is 0. The molecule has 0 spiro atoms. The Balaban J connectivity index is 1.54. The lowest BCUT2D eigenvalue weighted by molar-refractivity contribution is -0.123. The molecular weight excluding hydrogens is 406 g/mol. The first-order chi connectivity index (χ1) is 15.7. The van der Waals surface area contributed by atoms with E-state index in [0.717, 1.165) is 5.56 Å². The minimum atomic E-state index is -0.324. The van der Waals surface area contributed by atoms with Crippen LogP contribution < -0.4 is 20.2 Å². The first kappa shape index (κ1) is 21.2. The normalized spacial score (nSPS) is 10.7. The van der Waals surface area contributed by atoms with Crippen molar-refractivity contribution >= 4 is 16.9 Å². The van der Waals surface area contributed by atoms with Crippen LogP contribution >= 0.6 is 0 Å². The molecular formula is C26H23NO5. The molecule has 3 aromatic carbocycles. The first-order valence-electron chi connectivity index (χ1n) is 10.3. The molecule has 1 heterocycles. The number of carbonyl (C=O) groups excluding carboxylic acids is 1. The molecule has 0 aliphatic rings. The average Bonchev–Trinajstić information content (AvgIpc) is 2.84. The van der Waals surface area contributed by atoms with Gasteiger partial charge < -0.3 is 19.2 Å². The number of hydrogen-bond donors (Lipinski definition) is 1. The molecule has 0 unspecified atom stereocenters. The van der Waals surface area contributed by atoms with Crippen molar-refractivity contribution in [1.29, 1.82) is 0 Å². The summed E-state index contributed by atoms with van der Waals surface area (Å²) in [6, 6.07) is 23.9. The Kier molecular flexibility index (Phi) is 6.51. The van der Waals surface area contributed by atoms with Gasteiger partial charge in [-0.2, -0.15) is 0 Å². The predicted molar refractivity (Wildman–Crippen MR) is 123 cm³/mol. The molecule has 1 N–H and O–H groups in total. The van der Waals surface area contributed by atoms with E-state index in [2.05, 4.69) is 5.32 Å². The fourth-order valence-electron chi connectivity index (χ4n) is 3.37. The number of benzene rings is 3. The molecule has 4 aromatic rings. The van der Waals surface area contributed by atoms with Crippen LogP contribution in [-0.4, -0.2) is 26.2 Å². The number of rotatable bonds is 8. The maximum Gasteiger partial charge on any atom is 0.257 e. The molecule has 32 heavy (non-hydrogen) atoms. The smallest absolute Gasteiger partial charge is 0.257 e. The van der Waals surface area contributed by atoms with Crippen LogP contribution in [0.3, 0.4) is 0 Å². The van der Waals surface area contributed by atoms with Crippen LogP contribution in [0.25, 0.3) is 22.3 Å². The van der Waals surface area contributed by atoms with Gasteiger partial charge in [0, 0.05) is 12.1 Å². The van der Waals surface area contributed by atoms with Crippen LogP contribution in [-0.2, 0) is 11.2 Å². The Morgan fingerprint density at radius 2 is 1.66 bits per heavy atom. The lowest BCUT2D eigenvalue weighted by Gasteiger charge is -2.12. The Morgan fingerprint density at radius 1 is 0.938 bits per heavy atom. The van der Waals surface area contributed by atoms with Crippen molar-refractivity contribution in [2.24, 2.45) is 0 Å². The van der Waals surface area contributed by atoms with Gasteiger partial charge in [-0.1, -0.05) is 42.5 Å². The van der Waals surface area contributed by atoms with Gasteiger partial charge in [0.1, 0.15) is 11.3 Å². The summed E-state index contributed by atoms with van der Waals surface area (Å²) in [6.45, 7) is 0.185. The monoisotopic (exact) mass is 429 g/mol. The average molecular weight is 429 g/mol. The van der Waals surface area contributed by atoms with E-state index in [9.17, 15) is 9.59 Å². The number of nitrogens with one attached hydrogen (secondary N) is 1. The van der Waals surface area contributed by atoms with E-state index in [4.69, 9.17) is 13.9 Å². The summed E-state index contributed by atoms with van der Waals surface area (Å²) in [6.07, 6.45) is 0.710. The summed E-state index contributed by atoms with van der Waals surface area (Å²) in [5.74, 6) is 0.645. The molecule has 162 valence electrons. The second kappa shape index (κ2) is 9.83. The minimum absolute atomic E-state index is 0.00655. The van der Waals surface area contributed by atoms with Gasteiger partial charge in [-0.05, 0) is 48.4 Å². The zero-order chi connectivity index (χ0) is 22.3. The lowest BCUT2D eigenvalue weighted by Crippen LogP contribution is -2.31. The van der Waals surface area contributed by atoms with Gasteiger partial charge in [-0.25, -0.2) is 0 Å². The highest BCUT2D eigenvalue weighted by molar-refractivity contribution is 5.83. The lowest BCUT2D eigenvalue weighted by atomic mass is 10.1. The van der Waals surface area contributed by atoms with Crippen LogP contribution in [0.1, 0.15) is 5.56 Å². The molecule has 6 nitrogen and oxygen atoms in total. The third-order valence-electron chi connectivity index (χ3n) is 5.03. The zero-order valence-electron chi connectivity index (χ0n) is 17.7. The molecule has 0 radical (unpaired) electrons. The van der Waals surface area contributed by atoms with E-state index in [1.54, 1.807) is 55.6 Å². The van der Waals surface area contributed by atoms with Crippen molar-refractivity contribution in [3.63, 3.8) is 0 Å². The van der Waals surface area contributed by atoms with Crippen LogP contribution in [0.2, 0.25) is 0 Å². The van der Waals surface area contributed by atoms with Crippen LogP contribution in [0.4, 0.5) is 0 Å². The summed E-state index contributed by atoms with van der Waals surface area (Å²) in [7, 11) is 1.58. The van der Waals surface area contributed by atoms with Crippen molar-refractivity contribution in [3.05, 3.63) is 94.6 Å². The van der Waals surface area contributed by atoms with Crippen molar-refractivity contribution in [2.45, 2.75) is 6.42 Å². The second-order valence-corrected chi connectivity index (χ2v) is 7.19. The highest BCUT2D eigenvalue weighted by Crippen LogP contribution is 2.31. The number of carbonyl (C=O) groups is 1. The largest absolute Gasteiger partial charge is 0.497 e. The van der Waals surface area contributed by atoms with E-state index < -0.39 is 0 Å². The summed E-state index contributed by atoms with van der Waals surface area (Å²) in [5, 5.41) is 3.21. The van der Waals surface area contributed by atoms with Gasteiger partial charge in [-0.15, -0.1) is 0 Å². The number of ether oxygens (including phenoxy) is 2. The quantitative estimate of drug-likeness (QED) is 0.454. The molecule has 0 aliphatic heterocycles. The number of fused-ring (bicyclic) bond motifs is 1. The van der Waals surface area contributed by atoms with Crippen LogP contribution in [0, 0.1) is 0 Å². The number of para-hydroxylation sites is 1. The molecule has 1 amide bonds. The maximum atomic E-state index is 13.1. The van der Waals surface area contributed by atoms with Crippen molar-refractivity contribution in [3.8, 4) is 22.8 Å². The van der Waals surface area contributed by atoms with Gasteiger partial charge in [0.05, 0.1) is 12.5 Å². The van der Waals surface area contributed by atoms with E-state index in [1.165, 1.54) is 0 Å². The van der Waals surface area contributed by atoms with Crippen LogP contribution in [0.15, 0.2) is 88.1 Å².